The van der Waals surface area contributed by atoms with Crippen LogP contribution in [0.5, 0.6) is 5.75 Å². The van der Waals surface area contributed by atoms with Gasteiger partial charge in [0, 0.05) is 18.0 Å². The fraction of sp³-hybridized carbons (Fsp3) is 0.235. The third kappa shape index (κ3) is 4.41. The number of amides is 1. The van der Waals surface area contributed by atoms with Gasteiger partial charge in [-0.15, -0.1) is 0 Å². The van der Waals surface area contributed by atoms with Crippen LogP contribution in [-0.4, -0.2) is 23.2 Å². The van der Waals surface area contributed by atoms with Crippen molar-refractivity contribution in [2.75, 3.05) is 6.61 Å². The summed E-state index contributed by atoms with van der Waals surface area (Å²) in [6, 6.07) is 9.54. The van der Waals surface area contributed by atoms with E-state index in [0.717, 1.165) is 16.7 Å². The smallest absolute Gasteiger partial charge is 0.277 e. The number of aryl methyl sites for hydroxylation is 2. The van der Waals surface area contributed by atoms with Crippen LogP contribution < -0.4 is 10.2 Å². The molecule has 0 aliphatic heterocycles. The van der Waals surface area contributed by atoms with E-state index in [1.165, 1.54) is 0 Å². The van der Waals surface area contributed by atoms with Crippen LogP contribution >= 0.6 is 0 Å². The zero-order valence-electron chi connectivity index (χ0n) is 13.0. The van der Waals surface area contributed by atoms with Gasteiger partial charge in [0.25, 0.3) is 5.91 Å². The van der Waals surface area contributed by atoms with Crippen molar-refractivity contribution in [2.45, 2.75) is 20.8 Å². The topological polar surface area (TPSA) is 63.6 Å². The number of aromatic nitrogens is 1. The Morgan fingerprint density at radius 3 is 2.68 bits per heavy atom. The molecule has 0 spiro atoms. The van der Waals surface area contributed by atoms with E-state index in [4.69, 9.17) is 4.74 Å². The summed E-state index contributed by atoms with van der Waals surface area (Å²) < 4.78 is 5.53. The molecule has 1 heterocycles. The molecule has 0 aliphatic rings. The van der Waals surface area contributed by atoms with E-state index in [1.807, 2.05) is 51.1 Å². The van der Waals surface area contributed by atoms with Crippen molar-refractivity contribution in [2.24, 2.45) is 5.10 Å². The summed E-state index contributed by atoms with van der Waals surface area (Å²) in [5, 5.41) is 4.06. The highest BCUT2D eigenvalue weighted by Gasteiger charge is 2.05. The Hall–Kier alpha value is -2.69. The molecule has 5 heteroatoms. The van der Waals surface area contributed by atoms with E-state index in [0.29, 0.717) is 11.5 Å². The van der Waals surface area contributed by atoms with Gasteiger partial charge in [-0.1, -0.05) is 12.1 Å². The first kappa shape index (κ1) is 15.7. The molecule has 5 nitrogen and oxygen atoms in total. The lowest BCUT2D eigenvalue weighted by Crippen LogP contribution is -2.25. The van der Waals surface area contributed by atoms with Gasteiger partial charge in [0.15, 0.2) is 6.61 Å². The number of benzene rings is 1. The molecule has 1 aromatic carbocycles. The third-order valence-electron chi connectivity index (χ3n) is 3.15. The van der Waals surface area contributed by atoms with Crippen molar-refractivity contribution in [3.05, 3.63) is 59.4 Å². The Balaban J connectivity index is 1.89. The number of hydrogen-bond donors (Lipinski definition) is 1. The second-order valence-corrected chi connectivity index (χ2v) is 5.03. The Morgan fingerprint density at radius 2 is 1.95 bits per heavy atom. The van der Waals surface area contributed by atoms with Crippen LogP contribution in [0.4, 0.5) is 0 Å². The molecule has 114 valence electrons. The molecule has 0 unspecified atom stereocenters. The van der Waals surface area contributed by atoms with Gasteiger partial charge in [0.1, 0.15) is 5.75 Å². The summed E-state index contributed by atoms with van der Waals surface area (Å²) in [5.74, 6) is 0.416. The Kier molecular flexibility index (Phi) is 5.25. The average molecular weight is 297 g/mol. The van der Waals surface area contributed by atoms with Crippen LogP contribution in [0.3, 0.4) is 0 Å². The lowest BCUT2D eigenvalue weighted by molar-refractivity contribution is -0.123. The van der Waals surface area contributed by atoms with Crippen LogP contribution in [0, 0.1) is 13.8 Å². The van der Waals surface area contributed by atoms with E-state index in [2.05, 4.69) is 15.5 Å². The van der Waals surface area contributed by atoms with E-state index in [1.54, 1.807) is 12.4 Å². The van der Waals surface area contributed by atoms with Crippen LogP contribution in [0.1, 0.15) is 23.6 Å². The average Bonchev–Trinajstić information content (AvgIpc) is 2.54. The molecule has 0 atom stereocenters. The lowest BCUT2D eigenvalue weighted by atomic mass is 10.1. The van der Waals surface area contributed by atoms with E-state index < -0.39 is 0 Å². The largest absolute Gasteiger partial charge is 0.483 e. The van der Waals surface area contributed by atoms with Crippen LogP contribution in [-0.2, 0) is 4.79 Å². The number of pyridine rings is 1. The minimum absolute atomic E-state index is 0.0720. The minimum atomic E-state index is -0.297. The zero-order chi connectivity index (χ0) is 15.9. The summed E-state index contributed by atoms with van der Waals surface area (Å²) in [6.07, 6.45) is 3.36. The number of hydrogen-bond acceptors (Lipinski definition) is 4. The summed E-state index contributed by atoms with van der Waals surface area (Å²) in [6.45, 7) is 5.67. The van der Waals surface area contributed by atoms with Crippen molar-refractivity contribution < 1.29 is 9.53 Å². The Morgan fingerprint density at radius 1 is 1.23 bits per heavy atom. The van der Waals surface area contributed by atoms with E-state index in [-0.39, 0.29) is 12.5 Å². The predicted molar refractivity (Wildman–Crippen MR) is 86.0 cm³/mol. The molecule has 0 bridgehead atoms. The number of ether oxygens (including phenoxy) is 1. The molecule has 1 aromatic heterocycles. The first-order valence-electron chi connectivity index (χ1n) is 7.00. The number of carbonyl (C=O) groups excluding carboxylic acids is 1. The molecule has 0 fully saturated rings. The van der Waals surface area contributed by atoms with Crippen molar-refractivity contribution in [3.63, 3.8) is 0 Å². The number of rotatable bonds is 5. The van der Waals surface area contributed by atoms with Gasteiger partial charge in [-0.3, -0.25) is 9.78 Å². The molecule has 2 aromatic rings. The van der Waals surface area contributed by atoms with Gasteiger partial charge in [-0.05, 0) is 50.1 Å². The highest BCUT2D eigenvalue weighted by Crippen LogP contribution is 2.18. The van der Waals surface area contributed by atoms with Gasteiger partial charge in [0.05, 0.1) is 5.71 Å². The lowest BCUT2D eigenvalue weighted by Gasteiger charge is -2.09. The fourth-order valence-corrected chi connectivity index (χ4v) is 1.84. The maximum atomic E-state index is 11.8. The van der Waals surface area contributed by atoms with Crippen molar-refractivity contribution in [1.82, 2.24) is 10.4 Å². The van der Waals surface area contributed by atoms with Gasteiger partial charge in [-0.25, -0.2) is 5.43 Å². The van der Waals surface area contributed by atoms with Gasteiger partial charge >= 0.3 is 0 Å². The minimum Gasteiger partial charge on any atom is -0.483 e. The van der Waals surface area contributed by atoms with Crippen molar-refractivity contribution in [3.8, 4) is 5.75 Å². The number of hydrazone groups is 1. The molecule has 2 rings (SSSR count). The van der Waals surface area contributed by atoms with Crippen LogP contribution in [0.2, 0.25) is 0 Å². The molecular formula is C17H19N3O2. The van der Waals surface area contributed by atoms with Crippen molar-refractivity contribution >= 4 is 11.6 Å². The molecule has 22 heavy (non-hydrogen) atoms. The summed E-state index contributed by atoms with van der Waals surface area (Å²) >= 11 is 0. The van der Waals surface area contributed by atoms with Gasteiger partial charge < -0.3 is 4.74 Å². The number of nitrogens with zero attached hydrogens (tertiary/aromatic N) is 2. The normalized spacial score (nSPS) is 11.1. The summed E-state index contributed by atoms with van der Waals surface area (Å²) in [7, 11) is 0. The van der Waals surface area contributed by atoms with Crippen LogP contribution in [0.15, 0.2) is 47.8 Å². The van der Waals surface area contributed by atoms with Crippen LogP contribution in [0.25, 0.3) is 0 Å². The van der Waals surface area contributed by atoms with E-state index in [9.17, 15) is 4.79 Å². The van der Waals surface area contributed by atoms with Crippen molar-refractivity contribution in [1.29, 1.82) is 0 Å². The molecular weight excluding hydrogens is 278 g/mol. The fourth-order valence-electron chi connectivity index (χ4n) is 1.84. The highest BCUT2D eigenvalue weighted by molar-refractivity contribution is 5.99. The standard InChI is InChI=1S/C17H19N3O2/c1-12-4-5-13(2)16(10-12)22-11-17(21)20-19-14(3)15-6-8-18-9-7-15/h4-10H,11H2,1-3H3,(H,20,21)/b19-14+. The maximum absolute atomic E-state index is 11.8. The Labute approximate surface area is 130 Å². The molecule has 1 amide bonds. The highest BCUT2D eigenvalue weighted by atomic mass is 16.5. The van der Waals surface area contributed by atoms with E-state index >= 15 is 0 Å². The molecule has 0 radical (unpaired) electrons. The predicted octanol–water partition coefficient (Wildman–Crippen LogP) is 2.62. The molecule has 1 N–H and O–H groups in total. The SMILES string of the molecule is C/C(=N\NC(=O)COc1cc(C)ccc1C)c1ccncc1. The monoisotopic (exact) mass is 297 g/mol. The molecule has 0 saturated carbocycles. The molecule has 0 aliphatic carbocycles. The first-order valence-corrected chi connectivity index (χ1v) is 7.00. The second-order valence-electron chi connectivity index (χ2n) is 5.03. The zero-order valence-corrected chi connectivity index (χ0v) is 13.0. The maximum Gasteiger partial charge on any atom is 0.277 e. The molecule has 0 saturated heterocycles. The summed E-state index contributed by atoms with van der Waals surface area (Å²) in [5.41, 5.74) is 6.19. The first-order chi connectivity index (χ1) is 10.6. The second kappa shape index (κ2) is 7.36. The number of nitrogens with one attached hydrogen (secondary N) is 1. The third-order valence-corrected chi connectivity index (χ3v) is 3.15. The number of carbonyl (C=O) groups is 1. The van der Waals surface area contributed by atoms with Gasteiger partial charge in [0.2, 0.25) is 0 Å². The summed E-state index contributed by atoms with van der Waals surface area (Å²) in [4.78, 5) is 15.7. The Bertz CT molecular complexity index is 682. The quantitative estimate of drug-likeness (QED) is 0.681. The van der Waals surface area contributed by atoms with Gasteiger partial charge in [-0.2, -0.15) is 5.10 Å².